The second-order valence-corrected chi connectivity index (χ2v) is 6.11. The van der Waals surface area contributed by atoms with E-state index in [9.17, 15) is 18.4 Å². The zero-order valence-corrected chi connectivity index (χ0v) is 13.5. The molecule has 1 unspecified atom stereocenters. The summed E-state index contributed by atoms with van der Waals surface area (Å²) in [6.45, 7) is 0.149. The molecule has 132 valence electrons. The predicted octanol–water partition coefficient (Wildman–Crippen LogP) is 3.57. The van der Waals surface area contributed by atoms with Gasteiger partial charge in [0.25, 0.3) is 5.91 Å². The molecule has 0 fully saturated rings. The lowest BCUT2D eigenvalue weighted by atomic mass is 9.97. The highest BCUT2D eigenvalue weighted by molar-refractivity contribution is 6.03. The van der Waals surface area contributed by atoms with Crippen molar-refractivity contribution in [2.75, 3.05) is 11.9 Å². The fourth-order valence-electron chi connectivity index (χ4n) is 3.17. The number of anilines is 1. The predicted molar refractivity (Wildman–Crippen MR) is 90.9 cm³/mol. The zero-order valence-electron chi connectivity index (χ0n) is 13.5. The first-order chi connectivity index (χ1) is 12.5. The van der Waals surface area contributed by atoms with Crippen LogP contribution in [0.1, 0.15) is 28.3 Å². The highest BCUT2D eigenvalue weighted by Gasteiger charge is 2.30. The van der Waals surface area contributed by atoms with Crippen molar-refractivity contribution >= 4 is 28.5 Å². The lowest BCUT2D eigenvalue weighted by Gasteiger charge is -2.10. The molecule has 0 aliphatic carbocycles. The van der Waals surface area contributed by atoms with Crippen LogP contribution in [0.25, 0.3) is 11.0 Å². The molecule has 0 radical (unpaired) electrons. The lowest BCUT2D eigenvalue weighted by molar-refractivity contribution is -0.117. The number of hydrogen-bond acceptors (Lipinski definition) is 3. The van der Waals surface area contributed by atoms with Gasteiger partial charge in [0.15, 0.2) is 0 Å². The Morgan fingerprint density at radius 1 is 1.19 bits per heavy atom. The van der Waals surface area contributed by atoms with E-state index in [0.29, 0.717) is 22.2 Å². The van der Waals surface area contributed by atoms with Gasteiger partial charge in [-0.05, 0) is 42.3 Å². The van der Waals surface area contributed by atoms with Gasteiger partial charge in [-0.3, -0.25) is 9.59 Å². The third-order valence-electron chi connectivity index (χ3n) is 4.47. The Labute approximate surface area is 147 Å². The van der Waals surface area contributed by atoms with E-state index in [1.807, 2.05) is 0 Å². The van der Waals surface area contributed by atoms with Crippen LogP contribution < -0.4 is 10.6 Å². The number of amides is 2. The Balaban J connectivity index is 1.44. The highest BCUT2D eigenvalue weighted by atomic mass is 19.1. The second-order valence-electron chi connectivity index (χ2n) is 6.11. The Morgan fingerprint density at radius 2 is 2.04 bits per heavy atom. The van der Waals surface area contributed by atoms with Gasteiger partial charge < -0.3 is 15.1 Å². The third kappa shape index (κ3) is 2.81. The Kier molecular flexibility index (Phi) is 3.91. The minimum atomic E-state index is -0.684. The van der Waals surface area contributed by atoms with E-state index >= 15 is 0 Å². The average Bonchev–Trinajstić information content (AvgIpc) is 3.18. The number of benzene rings is 2. The van der Waals surface area contributed by atoms with Crippen molar-refractivity contribution in [1.29, 1.82) is 0 Å². The van der Waals surface area contributed by atoms with Gasteiger partial charge in [0, 0.05) is 23.7 Å². The Hall–Kier alpha value is -3.22. The summed E-state index contributed by atoms with van der Waals surface area (Å²) in [7, 11) is 0. The standard InChI is InChI=1S/C19H14F2N2O3/c20-11-1-2-16-13(8-11)12(19(25)23-16)3-5-22-18(24)14-7-10-4-6-26-17(10)9-15(14)21/h1-2,4,6-9,12H,3,5H2,(H,22,24)(H,23,25). The summed E-state index contributed by atoms with van der Waals surface area (Å²) in [5, 5.41) is 5.91. The van der Waals surface area contributed by atoms with Crippen molar-refractivity contribution in [1.82, 2.24) is 5.32 Å². The van der Waals surface area contributed by atoms with Crippen molar-refractivity contribution in [3.8, 4) is 0 Å². The molecule has 4 rings (SSSR count). The summed E-state index contributed by atoms with van der Waals surface area (Å²) in [4.78, 5) is 24.3. The van der Waals surface area contributed by atoms with Crippen molar-refractivity contribution < 1.29 is 22.8 Å². The summed E-state index contributed by atoms with van der Waals surface area (Å²) in [6, 6.07) is 8.31. The molecule has 1 aliphatic rings. The monoisotopic (exact) mass is 356 g/mol. The number of halogens is 2. The molecule has 0 bridgehead atoms. The highest BCUT2D eigenvalue weighted by Crippen LogP contribution is 2.34. The molecule has 26 heavy (non-hydrogen) atoms. The number of carbonyl (C=O) groups is 2. The number of nitrogens with one attached hydrogen (secondary N) is 2. The number of hydrogen-bond donors (Lipinski definition) is 2. The molecule has 2 heterocycles. The molecule has 1 atom stereocenters. The topological polar surface area (TPSA) is 71.3 Å². The number of carbonyl (C=O) groups excluding carboxylic acids is 2. The van der Waals surface area contributed by atoms with Gasteiger partial charge in [0.1, 0.15) is 17.2 Å². The largest absolute Gasteiger partial charge is 0.464 e. The molecule has 5 nitrogen and oxygen atoms in total. The van der Waals surface area contributed by atoms with Crippen LogP contribution in [-0.4, -0.2) is 18.4 Å². The van der Waals surface area contributed by atoms with Gasteiger partial charge in [-0.15, -0.1) is 0 Å². The van der Waals surface area contributed by atoms with Crippen LogP contribution >= 0.6 is 0 Å². The summed E-state index contributed by atoms with van der Waals surface area (Å²) in [6.07, 6.45) is 1.70. The fourth-order valence-corrected chi connectivity index (χ4v) is 3.17. The molecule has 2 aromatic carbocycles. The van der Waals surface area contributed by atoms with Crippen LogP contribution in [0, 0.1) is 11.6 Å². The Morgan fingerprint density at radius 3 is 2.88 bits per heavy atom. The van der Waals surface area contributed by atoms with Crippen molar-refractivity contribution in [3.05, 3.63) is 65.4 Å². The van der Waals surface area contributed by atoms with Crippen molar-refractivity contribution in [2.24, 2.45) is 0 Å². The van der Waals surface area contributed by atoms with E-state index in [4.69, 9.17) is 4.42 Å². The third-order valence-corrected chi connectivity index (χ3v) is 4.47. The zero-order chi connectivity index (χ0) is 18.3. The maximum atomic E-state index is 14.1. The van der Waals surface area contributed by atoms with Crippen LogP contribution in [0.15, 0.2) is 47.1 Å². The number of rotatable bonds is 4. The SMILES string of the molecule is O=C(NCCC1C(=O)Nc2ccc(F)cc21)c1cc2ccoc2cc1F. The molecule has 0 saturated heterocycles. The van der Waals surface area contributed by atoms with Gasteiger partial charge in [0.05, 0.1) is 17.7 Å². The van der Waals surface area contributed by atoms with Gasteiger partial charge in [-0.2, -0.15) is 0 Å². The van der Waals surface area contributed by atoms with E-state index in [1.54, 1.807) is 6.07 Å². The van der Waals surface area contributed by atoms with E-state index in [1.165, 1.54) is 30.5 Å². The quantitative estimate of drug-likeness (QED) is 0.751. The van der Waals surface area contributed by atoms with E-state index in [2.05, 4.69) is 10.6 Å². The molecule has 2 N–H and O–H groups in total. The van der Waals surface area contributed by atoms with Gasteiger partial charge >= 0.3 is 0 Å². The van der Waals surface area contributed by atoms with Crippen LogP contribution in [0.3, 0.4) is 0 Å². The summed E-state index contributed by atoms with van der Waals surface area (Å²) in [5.41, 5.74) is 1.40. The van der Waals surface area contributed by atoms with Crippen LogP contribution in [0.2, 0.25) is 0 Å². The second kappa shape index (κ2) is 6.25. The van der Waals surface area contributed by atoms with Crippen LogP contribution in [0.5, 0.6) is 0 Å². The molecule has 1 aromatic heterocycles. The lowest BCUT2D eigenvalue weighted by Crippen LogP contribution is -2.27. The smallest absolute Gasteiger partial charge is 0.254 e. The van der Waals surface area contributed by atoms with Gasteiger partial charge in [-0.1, -0.05) is 0 Å². The van der Waals surface area contributed by atoms with Crippen molar-refractivity contribution in [2.45, 2.75) is 12.3 Å². The van der Waals surface area contributed by atoms with Crippen molar-refractivity contribution in [3.63, 3.8) is 0 Å². The van der Waals surface area contributed by atoms with Gasteiger partial charge in [0.2, 0.25) is 5.91 Å². The molecule has 3 aromatic rings. The average molecular weight is 356 g/mol. The maximum absolute atomic E-state index is 14.1. The van der Waals surface area contributed by atoms with Gasteiger partial charge in [-0.25, -0.2) is 8.78 Å². The number of furan rings is 1. The van der Waals surface area contributed by atoms with E-state index in [0.717, 1.165) is 6.07 Å². The first-order valence-electron chi connectivity index (χ1n) is 8.08. The molecular formula is C19H14F2N2O3. The van der Waals surface area contributed by atoms with E-state index < -0.39 is 23.5 Å². The Bertz CT molecular complexity index is 1030. The minimum absolute atomic E-state index is 0.0961. The number of fused-ring (bicyclic) bond motifs is 2. The van der Waals surface area contributed by atoms with Crippen LogP contribution in [-0.2, 0) is 4.79 Å². The molecule has 2 amide bonds. The maximum Gasteiger partial charge on any atom is 0.254 e. The van der Waals surface area contributed by atoms with Crippen LogP contribution in [0.4, 0.5) is 14.5 Å². The molecule has 7 heteroatoms. The first-order valence-corrected chi connectivity index (χ1v) is 8.08. The first kappa shape index (κ1) is 16.3. The molecular weight excluding hydrogens is 342 g/mol. The molecule has 1 aliphatic heterocycles. The fraction of sp³-hybridized carbons (Fsp3) is 0.158. The minimum Gasteiger partial charge on any atom is -0.464 e. The summed E-state index contributed by atoms with van der Waals surface area (Å²) >= 11 is 0. The summed E-state index contributed by atoms with van der Waals surface area (Å²) < 4.78 is 32.6. The normalized spacial score (nSPS) is 15.8. The molecule has 0 saturated carbocycles. The molecule has 0 spiro atoms. The van der Waals surface area contributed by atoms with E-state index in [-0.39, 0.29) is 24.4 Å². The summed E-state index contributed by atoms with van der Waals surface area (Å²) in [5.74, 6) is -2.49.